The number of aliphatic carboxylic acids is 1. The number of nitrogens with zero attached hydrogens (tertiary/aromatic N) is 3. The molecule has 2 N–H and O–H groups in total. The maximum absolute atomic E-state index is 13.2. The van der Waals surface area contributed by atoms with Crippen LogP contribution in [0.4, 0.5) is 5.69 Å². The van der Waals surface area contributed by atoms with Crippen LogP contribution in [-0.4, -0.2) is 48.5 Å². The second-order valence-electron chi connectivity index (χ2n) is 5.89. The number of methoxy groups -OCH3 is 2. The minimum Gasteiger partial charge on any atom is -0.493 e. The first-order valence-corrected chi connectivity index (χ1v) is 9.98. The van der Waals surface area contributed by atoms with Crippen molar-refractivity contribution in [1.82, 2.24) is 14.8 Å². The number of carboxylic acids is 1. The number of aromatic nitrogens is 3. The van der Waals surface area contributed by atoms with Crippen LogP contribution in [0.5, 0.6) is 11.5 Å². The van der Waals surface area contributed by atoms with Gasteiger partial charge in [0.1, 0.15) is 17.6 Å². The molecule has 10 nitrogen and oxygen atoms in total. The molecule has 30 heavy (non-hydrogen) atoms. The van der Waals surface area contributed by atoms with Crippen molar-refractivity contribution in [3.63, 3.8) is 0 Å². The summed E-state index contributed by atoms with van der Waals surface area (Å²) in [5.41, 5.74) is 1.03. The van der Waals surface area contributed by atoms with E-state index in [2.05, 4.69) is 14.8 Å². The fourth-order valence-electron chi connectivity index (χ4n) is 2.71. The molecule has 0 spiro atoms. The molecule has 0 saturated carbocycles. The molecule has 1 heterocycles. The number of para-hydroxylation sites is 2. The summed E-state index contributed by atoms with van der Waals surface area (Å²) >= 11 is 0. The number of anilines is 1. The zero-order chi connectivity index (χ0) is 21.7. The second-order valence-corrected chi connectivity index (χ2v) is 7.54. The highest BCUT2D eigenvalue weighted by atomic mass is 32.2. The van der Waals surface area contributed by atoms with Gasteiger partial charge in [-0.15, -0.1) is 0 Å². The van der Waals surface area contributed by atoms with E-state index in [4.69, 9.17) is 14.6 Å². The van der Waals surface area contributed by atoms with Crippen LogP contribution in [0.25, 0.3) is 11.8 Å². The molecule has 2 aromatic carbocycles. The van der Waals surface area contributed by atoms with Crippen LogP contribution in [0.15, 0.2) is 60.0 Å². The molecule has 0 saturated heterocycles. The molecule has 156 valence electrons. The summed E-state index contributed by atoms with van der Waals surface area (Å²) in [6.07, 6.45) is 4.92. The van der Waals surface area contributed by atoms with Crippen molar-refractivity contribution in [3.8, 4) is 17.2 Å². The molecule has 0 unspecified atom stereocenters. The van der Waals surface area contributed by atoms with Crippen molar-refractivity contribution < 1.29 is 27.8 Å². The lowest BCUT2D eigenvalue weighted by Crippen LogP contribution is -2.16. The van der Waals surface area contributed by atoms with Crippen molar-refractivity contribution in [1.29, 1.82) is 0 Å². The Morgan fingerprint density at radius 2 is 1.97 bits per heavy atom. The molecule has 0 radical (unpaired) electrons. The highest BCUT2D eigenvalue weighted by Crippen LogP contribution is 2.37. The van der Waals surface area contributed by atoms with Gasteiger partial charge in [-0.3, -0.25) is 4.72 Å². The fraction of sp³-hybridized carbons (Fsp3) is 0.105. The zero-order valence-corrected chi connectivity index (χ0v) is 16.8. The van der Waals surface area contributed by atoms with Gasteiger partial charge in [0.2, 0.25) is 0 Å². The Hall–Kier alpha value is -3.86. The summed E-state index contributed by atoms with van der Waals surface area (Å²) in [7, 11) is -1.50. The molecular formula is C19H18N4O6S. The second kappa shape index (κ2) is 8.66. The third-order valence-corrected chi connectivity index (χ3v) is 5.36. The van der Waals surface area contributed by atoms with E-state index in [0.717, 1.165) is 6.08 Å². The summed E-state index contributed by atoms with van der Waals surface area (Å²) in [6.45, 7) is 0. The van der Waals surface area contributed by atoms with Gasteiger partial charge in [-0.05, 0) is 35.9 Å². The van der Waals surface area contributed by atoms with Crippen LogP contribution in [0.2, 0.25) is 0 Å². The number of sulfonamides is 1. The standard InChI is InChI=1S/C19H18N4O6S/c1-28-16-9-13(7-8-18(24)25)10-17(19(16)29-2)30(26,27)22-14-5-3-4-6-15(14)23-12-20-11-21-23/h3-12,22H,1-2H3,(H,24,25)/b8-7+. The van der Waals surface area contributed by atoms with E-state index in [9.17, 15) is 13.2 Å². The Morgan fingerprint density at radius 3 is 2.60 bits per heavy atom. The van der Waals surface area contributed by atoms with Gasteiger partial charge in [0.05, 0.1) is 25.6 Å². The smallest absolute Gasteiger partial charge is 0.328 e. The van der Waals surface area contributed by atoms with E-state index >= 15 is 0 Å². The molecule has 11 heteroatoms. The van der Waals surface area contributed by atoms with Crippen molar-refractivity contribution in [3.05, 3.63) is 60.7 Å². The number of nitrogens with one attached hydrogen (secondary N) is 1. The molecule has 1 aromatic heterocycles. The monoisotopic (exact) mass is 430 g/mol. The van der Waals surface area contributed by atoms with E-state index in [1.807, 2.05) is 0 Å². The van der Waals surface area contributed by atoms with E-state index < -0.39 is 16.0 Å². The van der Waals surface area contributed by atoms with Crippen molar-refractivity contribution in [2.45, 2.75) is 4.90 Å². The quantitative estimate of drug-likeness (QED) is 0.520. The first-order valence-electron chi connectivity index (χ1n) is 8.49. The van der Waals surface area contributed by atoms with Crippen molar-refractivity contribution >= 4 is 27.8 Å². The summed E-state index contributed by atoms with van der Waals surface area (Å²) < 4.78 is 40.9. The Morgan fingerprint density at radius 1 is 1.20 bits per heavy atom. The predicted molar refractivity (Wildman–Crippen MR) is 108 cm³/mol. The minimum atomic E-state index is -4.16. The van der Waals surface area contributed by atoms with Gasteiger partial charge in [-0.25, -0.2) is 22.9 Å². The van der Waals surface area contributed by atoms with Crippen LogP contribution in [0, 0.1) is 0 Å². The molecule has 0 aliphatic heterocycles. The van der Waals surface area contributed by atoms with Gasteiger partial charge in [0, 0.05) is 6.08 Å². The fourth-order valence-corrected chi connectivity index (χ4v) is 4.00. The first kappa shape index (κ1) is 20.9. The van der Waals surface area contributed by atoms with E-state index in [1.165, 1.54) is 49.8 Å². The number of ether oxygens (including phenoxy) is 2. The Bertz CT molecular complexity index is 1190. The van der Waals surface area contributed by atoms with Crippen molar-refractivity contribution in [2.24, 2.45) is 0 Å². The Labute approximate surface area is 172 Å². The van der Waals surface area contributed by atoms with Gasteiger partial charge in [-0.1, -0.05) is 12.1 Å². The molecule has 0 fully saturated rings. The molecule has 0 aliphatic rings. The average Bonchev–Trinajstić information content (AvgIpc) is 3.26. The number of carbonyl (C=O) groups is 1. The lowest BCUT2D eigenvalue weighted by molar-refractivity contribution is -0.131. The largest absolute Gasteiger partial charge is 0.493 e. The topological polar surface area (TPSA) is 133 Å². The zero-order valence-electron chi connectivity index (χ0n) is 16.0. The lowest BCUT2D eigenvalue weighted by Gasteiger charge is -2.17. The third kappa shape index (κ3) is 4.41. The molecule has 0 bridgehead atoms. The van der Waals surface area contributed by atoms with Gasteiger partial charge in [-0.2, -0.15) is 5.10 Å². The summed E-state index contributed by atoms with van der Waals surface area (Å²) in [4.78, 5) is 14.5. The average molecular weight is 430 g/mol. The molecule has 0 amide bonds. The van der Waals surface area contributed by atoms with E-state index in [1.54, 1.807) is 24.3 Å². The van der Waals surface area contributed by atoms with Gasteiger partial charge < -0.3 is 14.6 Å². The minimum absolute atomic E-state index is 0.0179. The molecule has 0 atom stereocenters. The number of rotatable bonds is 8. The van der Waals surface area contributed by atoms with E-state index in [0.29, 0.717) is 11.3 Å². The van der Waals surface area contributed by atoms with Crippen molar-refractivity contribution in [2.75, 3.05) is 18.9 Å². The van der Waals surface area contributed by atoms with E-state index in [-0.39, 0.29) is 22.1 Å². The maximum Gasteiger partial charge on any atom is 0.328 e. The molecule has 0 aliphatic carbocycles. The van der Waals surface area contributed by atoms with Crippen LogP contribution in [0.3, 0.4) is 0 Å². The van der Waals surface area contributed by atoms with Crippen LogP contribution in [-0.2, 0) is 14.8 Å². The van der Waals surface area contributed by atoms with Crippen LogP contribution < -0.4 is 14.2 Å². The summed E-state index contributed by atoms with van der Waals surface area (Å²) in [6, 6.07) is 9.42. The normalized spacial score (nSPS) is 11.4. The summed E-state index contributed by atoms with van der Waals surface area (Å²) in [5.74, 6) is -1.06. The molecule has 3 rings (SSSR count). The third-order valence-electron chi connectivity index (χ3n) is 3.99. The number of benzene rings is 2. The molecule has 3 aromatic rings. The Kier molecular flexibility index (Phi) is 6.02. The number of hydrogen-bond acceptors (Lipinski definition) is 7. The highest BCUT2D eigenvalue weighted by molar-refractivity contribution is 7.92. The van der Waals surface area contributed by atoms with Gasteiger partial charge in [0.15, 0.2) is 11.5 Å². The predicted octanol–water partition coefficient (Wildman–Crippen LogP) is 2.18. The first-order chi connectivity index (χ1) is 14.4. The Balaban J connectivity index is 2.10. The van der Waals surface area contributed by atoms with Crippen LogP contribution in [0.1, 0.15) is 5.56 Å². The summed E-state index contributed by atoms with van der Waals surface area (Å²) in [5, 5.41) is 12.9. The number of carboxylic acid groups (broad SMARTS) is 1. The van der Waals surface area contributed by atoms with Crippen LogP contribution >= 0.6 is 0 Å². The highest BCUT2D eigenvalue weighted by Gasteiger charge is 2.25. The van der Waals surface area contributed by atoms with Gasteiger partial charge >= 0.3 is 5.97 Å². The lowest BCUT2D eigenvalue weighted by atomic mass is 10.2. The number of hydrogen-bond donors (Lipinski definition) is 2. The SMILES string of the molecule is COc1cc(/C=C/C(=O)O)cc(S(=O)(=O)Nc2ccccc2-n2cncn2)c1OC. The maximum atomic E-state index is 13.2. The van der Waals surface area contributed by atoms with Gasteiger partial charge in [0.25, 0.3) is 10.0 Å². The molecular weight excluding hydrogens is 412 g/mol.